The summed E-state index contributed by atoms with van der Waals surface area (Å²) < 4.78 is 0. The Morgan fingerprint density at radius 3 is 2.94 bits per heavy atom. The van der Waals surface area contributed by atoms with Gasteiger partial charge < -0.3 is 11.1 Å². The van der Waals surface area contributed by atoms with Crippen molar-refractivity contribution in [2.24, 2.45) is 0 Å². The molecule has 0 fully saturated rings. The number of hydrogen-bond donors (Lipinski definition) is 2. The van der Waals surface area contributed by atoms with E-state index in [0.29, 0.717) is 17.1 Å². The van der Waals surface area contributed by atoms with E-state index in [-0.39, 0.29) is 5.91 Å². The summed E-state index contributed by atoms with van der Waals surface area (Å²) in [7, 11) is 0. The lowest BCUT2D eigenvalue weighted by Crippen LogP contribution is -2.24. The number of carbonyl (C=O) groups is 1. The van der Waals surface area contributed by atoms with Crippen LogP contribution in [-0.4, -0.2) is 12.5 Å². The summed E-state index contributed by atoms with van der Waals surface area (Å²) in [6.45, 7) is 2.70. The van der Waals surface area contributed by atoms with Crippen molar-refractivity contribution in [1.82, 2.24) is 5.32 Å². The molecule has 0 saturated carbocycles. The van der Waals surface area contributed by atoms with Crippen molar-refractivity contribution >= 4 is 33.6 Å². The number of rotatable bonds is 4. The highest BCUT2D eigenvalue weighted by Crippen LogP contribution is 2.35. The maximum absolute atomic E-state index is 12.0. The van der Waals surface area contributed by atoms with Gasteiger partial charge in [-0.15, -0.1) is 22.7 Å². The fourth-order valence-corrected chi connectivity index (χ4v) is 3.18. The number of amides is 1. The molecule has 90 valence electrons. The minimum atomic E-state index is -0.0750. The van der Waals surface area contributed by atoms with E-state index < -0.39 is 0 Å². The van der Waals surface area contributed by atoms with E-state index in [9.17, 15) is 4.79 Å². The molecule has 0 radical (unpaired) electrons. The number of nitrogens with one attached hydrogen (secondary N) is 1. The van der Waals surface area contributed by atoms with Crippen LogP contribution in [0.5, 0.6) is 0 Å². The predicted octanol–water partition coefficient (Wildman–Crippen LogP) is 3.20. The van der Waals surface area contributed by atoms with Crippen LogP contribution in [0, 0.1) is 0 Å². The van der Waals surface area contributed by atoms with E-state index in [4.69, 9.17) is 5.73 Å². The van der Waals surface area contributed by atoms with E-state index in [1.54, 1.807) is 11.3 Å². The molecule has 0 bridgehead atoms. The summed E-state index contributed by atoms with van der Waals surface area (Å²) in [6.07, 6.45) is 0.921. The van der Waals surface area contributed by atoms with Crippen LogP contribution in [0.2, 0.25) is 0 Å². The van der Waals surface area contributed by atoms with Crippen LogP contribution in [0.15, 0.2) is 22.9 Å². The molecule has 3 nitrogen and oxygen atoms in total. The zero-order valence-electron chi connectivity index (χ0n) is 9.53. The third kappa shape index (κ3) is 2.50. The lowest BCUT2D eigenvalue weighted by molar-refractivity contribution is 0.0955. The Balaban J connectivity index is 2.33. The molecule has 0 aliphatic heterocycles. The Morgan fingerprint density at radius 2 is 2.29 bits per heavy atom. The van der Waals surface area contributed by atoms with E-state index in [2.05, 4.69) is 5.32 Å². The molecule has 17 heavy (non-hydrogen) atoms. The zero-order valence-corrected chi connectivity index (χ0v) is 11.2. The monoisotopic (exact) mass is 266 g/mol. The normalized spacial score (nSPS) is 10.4. The Labute approximate surface area is 108 Å². The van der Waals surface area contributed by atoms with E-state index in [1.165, 1.54) is 11.3 Å². The molecule has 0 saturated heterocycles. The van der Waals surface area contributed by atoms with Crippen molar-refractivity contribution in [3.63, 3.8) is 0 Å². The average Bonchev–Trinajstić information content (AvgIpc) is 2.94. The average molecular weight is 266 g/mol. The van der Waals surface area contributed by atoms with Gasteiger partial charge in [0.1, 0.15) is 0 Å². The number of carbonyl (C=O) groups excluding carboxylic acids is 1. The minimum Gasteiger partial charge on any atom is -0.390 e. The van der Waals surface area contributed by atoms with Crippen LogP contribution in [0.1, 0.15) is 23.7 Å². The second-order valence-corrected chi connectivity index (χ2v) is 5.48. The molecule has 2 aromatic heterocycles. The number of thiophene rings is 2. The quantitative estimate of drug-likeness (QED) is 0.893. The molecular formula is C12H14N2OS2. The topological polar surface area (TPSA) is 55.1 Å². The molecule has 3 N–H and O–H groups in total. The first kappa shape index (κ1) is 12.1. The van der Waals surface area contributed by atoms with Gasteiger partial charge in [-0.3, -0.25) is 4.79 Å². The van der Waals surface area contributed by atoms with Crippen molar-refractivity contribution in [1.29, 1.82) is 0 Å². The highest BCUT2D eigenvalue weighted by Gasteiger charge is 2.18. The van der Waals surface area contributed by atoms with Crippen LogP contribution < -0.4 is 11.1 Å². The van der Waals surface area contributed by atoms with Crippen molar-refractivity contribution in [3.8, 4) is 10.4 Å². The molecule has 0 spiro atoms. The highest BCUT2D eigenvalue weighted by molar-refractivity contribution is 7.16. The van der Waals surface area contributed by atoms with Crippen LogP contribution in [0.25, 0.3) is 10.4 Å². The van der Waals surface area contributed by atoms with Gasteiger partial charge in [0.15, 0.2) is 0 Å². The van der Waals surface area contributed by atoms with Crippen molar-refractivity contribution in [2.45, 2.75) is 13.3 Å². The van der Waals surface area contributed by atoms with Gasteiger partial charge >= 0.3 is 0 Å². The summed E-state index contributed by atoms with van der Waals surface area (Å²) in [6, 6.07) is 3.98. The first-order valence-electron chi connectivity index (χ1n) is 5.43. The second-order valence-electron chi connectivity index (χ2n) is 3.62. The van der Waals surface area contributed by atoms with Crippen molar-refractivity contribution < 1.29 is 4.79 Å². The Kier molecular flexibility index (Phi) is 3.81. The van der Waals surface area contributed by atoms with Gasteiger partial charge in [0.25, 0.3) is 5.91 Å². The summed E-state index contributed by atoms with van der Waals surface area (Å²) in [4.78, 5) is 13.1. The largest absolute Gasteiger partial charge is 0.390 e. The van der Waals surface area contributed by atoms with Gasteiger partial charge in [0.05, 0.1) is 10.6 Å². The van der Waals surface area contributed by atoms with Crippen LogP contribution >= 0.6 is 22.7 Å². The molecular weight excluding hydrogens is 252 g/mol. The summed E-state index contributed by atoms with van der Waals surface area (Å²) in [5.74, 6) is -0.0750. The van der Waals surface area contributed by atoms with Gasteiger partial charge in [0.2, 0.25) is 0 Å². The maximum Gasteiger partial charge on any atom is 0.254 e. The van der Waals surface area contributed by atoms with E-state index in [0.717, 1.165) is 16.9 Å². The van der Waals surface area contributed by atoms with Gasteiger partial charge in [-0.1, -0.05) is 13.0 Å². The molecule has 0 aromatic carbocycles. The number of hydrogen-bond acceptors (Lipinski definition) is 4. The Morgan fingerprint density at radius 1 is 1.47 bits per heavy atom. The van der Waals surface area contributed by atoms with Gasteiger partial charge in [-0.25, -0.2) is 0 Å². The van der Waals surface area contributed by atoms with E-state index >= 15 is 0 Å². The lowest BCUT2D eigenvalue weighted by Gasteiger charge is -2.05. The van der Waals surface area contributed by atoms with Gasteiger partial charge in [-0.2, -0.15) is 0 Å². The number of anilines is 1. The molecule has 2 rings (SSSR count). The number of nitrogens with two attached hydrogens (primary N) is 1. The van der Waals surface area contributed by atoms with Gasteiger partial charge in [-0.05, 0) is 17.9 Å². The molecule has 2 heterocycles. The molecule has 5 heteroatoms. The summed E-state index contributed by atoms with van der Waals surface area (Å²) in [5, 5.41) is 7.40. The Bertz CT molecular complexity index is 503. The smallest absolute Gasteiger partial charge is 0.254 e. The first-order valence-corrected chi connectivity index (χ1v) is 7.19. The maximum atomic E-state index is 12.0. The third-order valence-corrected chi connectivity index (χ3v) is 4.08. The molecule has 0 aliphatic carbocycles. The fourth-order valence-electron chi connectivity index (χ4n) is 1.55. The molecule has 0 aliphatic rings. The summed E-state index contributed by atoms with van der Waals surface area (Å²) in [5.41, 5.74) is 7.44. The SMILES string of the molecule is CCCNC(=O)c1c(-c2cccs2)csc1N. The van der Waals surface area contributed by atoms with Crippen LogP contribution in [0.3, 0.4) is 0 Å². The molecule has 0 unspecified atom stereocenters. The second kappa shape index (κ2) is 5.33. The predicted molar refractivity (Wildman–Crippen MR) is 74.7 cm³/mol. The van der Waals surface area contributed by atoms with E-state index in [1.807, 2.05) is 29.8 Å². The fraction of sp³-hybridized carbons (Fsp3) is 0.250. The molecule has 0 atom stereocenters. The minimum absolute atomic E-state index is 0.0750. The van der Waals surface area contributed by atoms with Crippen LogP contribution in [0.4, 0.5) is 5.00 Å². The lowest BCUT2D eigenvalue weighted by atomic mass is 10.1. The van der Waals surface area contributed by atoms with Crippen molar-refractivity contribution in [3.05, 3.63) is 28.5 Å². The number of nitrogen functional groups attached to an aromatic ring is 1. The van der Waals surface area contributed by atoms with Crippen LogP contribution in [-0.2, 0) is 0 Å². The molecule has 2 aromatic rings. The third-order valence-electron chi connectivity index (χ3n) is 2.37. The zero-order chi connectivity index (χ0) is 12.3. The van der Waals surface area contributed by atoms with Crippen molar-refractivity contribution in [2.75, 3.05) is 12.3 Å². The standard InChI is InChI=1S/C12H14N2OS2/c1-2-5-14-12(15)10-8(7-17-11(10)13)9-4-3-6-16-9/h3-4,6-7H,2,5,13H2,1H3,(H,14,15). The Hall–Kier alpha value is -1.33. The first-order chi connectivity index (χ1) is 8.24. The summed E-state index contributed by atoms with van der Waals surface area (Å²) >= 11 is 3.03. The highest BCUT2D eigenvalue weighted by atomic mass is 32.1. The van der Waals surface area contributed by atoms with Gasteiger partial charge in [0, 0.05) is 22.4 Å². The molecule has 1 amide bonds.